The summed E-state index contributed by atoms with van der Waals surface area (Å²) in [7, 11) is 0. The van der Waals surface area contributed by atoms with Crippen molar-refractivity contribution in [1.29, 1.82) is 0 Å². The fourth-order valence-electron chi connectivity index (χ4n) is 2.67. The molecule has 2 rings (SSSR count). The van der Waals surface area contributed by atoms with E-state index in [-0.39, 0.29) is 5.41 Å². The third-order valence-electron chi connectivity index (χ3n) is 3.37. The first kappa shape index (κ1) is 14.0. The van der Waals surface area contributed by atoms with Crippen LogP contribution in [0.3, 0.4) is 0 Å². The lowest BCUT2D eigenvalue weighted by atomic mass is 9.83. The topological polar surface area (TPSA) is 28.2 Å². The minimum absolute atomic E-state index is 0.193. The summed E-state index contributed by atoms with van der Waals surface area (Å²) in [4.78, 5) is 7.16. The zero-order chi connectivity index (χ0) is 13.2. The second kappa shape index (κ2) is 5.68. The molecule has 0 bridgehead atoms. The second-order valence-corrected chi connectivity index (χ2v) is 6.87. The predicted molar refractivity (Wildman–Crippen MR) is 78.6 cm³/mol. The number of hydrogen-bond acceptors (Lipinski definition) is 3. The van der Waals surface area contributed by atoms with Gasteiger partial charge in [0, 0.05) is 36.8 Å². The highest BCUT2D eigenvalue weighted by Gasteiger charge is 2.33. The van der Waals surface area contributed by atoms with E-state index in [0.29, 0.717) is 6.04 Å². The molecule has 1 aromatic rings. The largest absolute Gasteiger partial charge is 0.314 e. The third kappa shape index (κ3) is 3.31. The van der Waals surface area contributed by atoms with Gasteiger partial charge >= 0.3 is 0 Å². The van der Waals surface area contributed by atoms with Crippen molar-refractivity contribution in [2.45, 2.75) is 26.8 Å². The Kier molecular flexibility index (Phi) is 4.41. The molecular formula is C14H22BrN3. The monoisotopic (exact) mass is 311 g/mol. The molecular weight excluding hydrogens is 290 g/mol. The summed E-state index contributed by atoms with van der Waals surface area (Å²) >= 11 is 3.45. The molecule has 2 heterocycles. The van der Waals surface area contributed by atoms with Gasteiger partial charge in [-0.3, -0.25) is 9.88 Å². The minimum Gasteiger partial charge on any atom is -0.314 e. The summed E-state index contributed by atoms with van der Waals surface area (Å²) in [5, 5.41) is 3.41. The van der Waals surface area contributed by atoms with Crippen molar-refractivity contribution in [3.8, 4) is 0 Å². The van der Waals surface area contributed by atoms with Crippen molar-refractivity contribution >= 4 is 15.9 Å². The van der Waals surface area contributed by atoms with Crippen molar-refractivity contribution in [2.75, 3.05) is 26.2 Å². The molecule has 0 aromatic carbocycles. The van der Waals surface area contributed by atoms with E-state index in [4.69, 9.17) is 0 Å². The summed E-state index contributed by atoms with van der Waals surface area (Å²) in [5.74, 6) is 0. The van der Waals surface area contributed by atoms with Gasteiger partial charge in [-0.1, -0.05) is 20.8 Å². The minimum atomic E-state index is 0.193. The Labute approximate surface area is 118 Å². The van der Waals surface area contributed by atoms with E-state index in [1.807, 2.05) is 6.20 Å². The number of halogens is 1. The number of nitrogens with one attached hydrogen (secondary N) is 1. The van der Waals surface area contributed by atoms with Crippen LogP contribution >= 0.6 is 15.9 Å². The first-order valence-corrected chi connectivity index (χ1v) is 7.34. The number of rotatable bonds is 2. The molecule has 1 aliphatic rings. The Bertz CT molecular complexity index is 377. The summed E-state index contributed by atoms with van der Waals surface area (Å²) in [6, 6.07) is 4.61. The third-order valence-corrected chi connectivity index (χ3v) is 3.84. The van der Waals surface area contributed by atoms with Crippen molar-refractivity contribution in [2.24, 2.45) is 5.41 Å². The molecule has 0 radical (unpaired) electrons. The van der Waals surface area contributed by atoms with Crippen molar-refractivity contribution < 1.29 is 0 Å². The highest BCUT2D eigenvalue weighted by molar-refractivity contribution is 9.10. The molecule has 1 N–H and O–H groups in total. The Morgan fingerprint density at radius 3 is 2.44 bits per heavy atom. The quantitative estimate of drug-likeness (QED) is 0.910. The Morgan fingerprint density at radius 2 is 1.94 bits per heavy atom. The molecule has 0 saturated carbocycles. The highest BCUT2D eigenvalue weighted by Crippen LogP contribution is 2.37. The van der Waals surface area contributed by atoms with Crippen molar-refractivity contribution in [3.63, 3.8) is 0 Å². The molecule has 1 saturated heterocycles. The molecule has 1 aliphatic heterocycles. The predicted octanol–water partition coefficient (Wildman–Crippen LogP) is 2.84. The highest BCUT2D eigenvalue weighted by atomic mass is 79.9. The molecule has 4 heteroatoms. The van der Waals surface area contributed by atoms with E-state index in [9.17, 15) is 0 Å². The maximum Gasteiger partial charge on any atom is 0.0581 e. The maximum absolute atomic E-state index is 4.61. The average Bonchev–Trinajstić information content (AvgIpc) is 2.32. The second-order valence-electron chi connectivity index (χ2n) is 5.96. The summed E-state index contributed by atoms with van der Waals surface area (Å²) < 4.78 is 1.04. The first-order chi connectivity index (χ1) is 8.48. The molecule has 0 amide bonds. The Hall–Kier alpha value is -0.450. The number of nitrogens with zero attached hydrogens (tertiary/aromatic N) is 2. The van der Waals surface area contributed by atoms with Crippen molar-refractivity contribution in [3.05, 3.63) is 28.5 Å². The van der Waals surface area contributed by atoms with Gasteiger partial charge in [0.15, 0.2) is 0 Å². The van der Waals surface area contributed by atoms with E-state index < -0.39 is 0 Å². The fraction of sp³-hybridized carbons (Fsp3) is 0.643. The smallest absolute Gasteiger partial charge is 0.0581 e. The number of pyridine rings is 1. The zero-order valence-corrected chi connectivity index (χ0v) is 13.0. The van der Waals surface area contributed by atoms with E-state index >= 15 is 0 Å². The standard InChI is InChI=1S/C14H22BrN3/c1-14(2,3)13(18-8-6-16-7-9-18)12-5-4-11(15)10-17-12/h4-5,10,13,16H,6-9H2,1-3H3/t13-/m0/s1. The van der Waals surface area contributed by atoms with Gasteiger partial charge < -0.3 is 5.32 Å². The van der Waals surface area contributed by atoms with Crippen molar-refractivity contribution in [1.82, 2.24) is 15.2 Å². The summed E-state index contributed by atoms with van der Waals surface area (Å²) in [5.41, 5.74) is 1.37. The summed E-state index contributed by atoms with van der Waals surface area (Å²) in [6.07, 6.45) is 1.90. The van der Waals surface area contributed by atoms with Gasteiger partial charge in [-0.25, -0.2) is 0 Å². The maximum atomic E-state index is 4.61. The van der Waals surface area contributed by atoms with Gasteiger partial charge in [-0.05, 0) is 33.5 Å². The molecule has 0 aliphatic carbocycles. The van der Waals surface area contributed by atoms with Crippen LogP contribution in [-0.2, 0) is 0 Å². The molecule has 100 valence electrons. The number of piperazine rings is 1. The molecule has 1 fully saturated rings. The van der Waals surface area contributed by atoms with E-state index in [0.717, 1.165) is 30.7 Å². The Morgan fingerprint density at radius 1 is 1.28 bits per heavy atom. The van der Waals surface area contributed by atoms with Gasteiger partial charge in [-0.2, -0.15) is 0 Å². The summed E-state index contributed by atoms with van der Waals surface area (Å²) in [6.45, 7) is 11.2. The lowest BCUT2D eigenvalue weighted by molar-refractivity contribution is 0.0831. The lowest BCUT2D eigenvalue weighted by Gasteiger charge is -2.41. The van der Waals surface area contributed by atoms with Gasteiger partial charge in [0.05, 0.1) is 11.7 Å². The van der Waals surface area contributed by atoms with Crippen LogP contribution in [0.2, 0.25) is 0 Å². The van der Waals surface area contributed by atoms with Crippen LogP contribution in [-0.4, -0.2) is 36.1 Å². The van der Waals surface area contributed by atoms with Gasteiger partial charge in [-0.15, -0.1) is 0 Å². The molecule has 18 heavy (non-hydrogen) atoms. The van der Waals surface area contributed by atoms with E-state index in [2.05, 4.69) is 64.0 Å². The van der Waals surface area contributed by atoms with Gasteiger partial charge in [0.1, 0.15) is 0 Å². The average molecular weight is 312 g/mol. The number of hydrogen-bond donors (Lipinski definition) is 1. The lowest BCUT2D eigenvalue weighted by Crippen LogP contribution is -2.48. The van der Waals surface area contributed by atoms with Gasteiger partial charge in [0.2, 0.25) is 0 Å². The molecule has 1 atom stereocenters. The zero-order valence-electron chi connectivity index (χ0n) is 11.4. The van der Waals surface area contributed by atoms with Crippen LogP contribution < -0.4 is 5.32 Å². The molecule has 1 aromatic heterocycles. The Balaban J connectivity index is 2.27. The normalized spacial score (nSPS) is 19.8. The molecule has 0 spiro atoms. The van der Waals surface area contributed by atoms with E-state index in [1.165, 1.54) is 5.69 Å². The fourth-order valence-corrected chi connectivity index (χ4v) is 2.90. The first-order valence-electron chi connectivity index (χ1n) is 6.55. The molecule has 0 unspecified atom stereocenters. The SMILES string of the molecule is CC(C)(C)[C@H](c1ccc(Br)cn1)N1CCNCC1. The number of aromatic nitrogens is 1. The molecule has 3 nitrogen and oxygen atoms in total. The van der Waals surface area contributed by atoms with Crippen LogP contribution in [0, 0.1) is 5.41 Å². The van der Waals surface area contributed by atoms with E-state index in [1.54, 1.807) is 0 Å². The van der Waals surface area contributed by atoms with Crippen LogP contribution in [0.15, 0.2) is 22.8 Å². The van der Waals surface area contributed by atoms with Crippen LogP contribution in [0.5, 0.6) is 0 Å². The van der Waals surface area contributed by atoms with Crippen LogP contribution in [0.4, 0.5) is 0 Å². The van der Waals surface area contributed by atoms with Crippen LogP contribution in [0.1, 0.15) is 32.5 Å². The van der Waals surface area contributed by atoms with Crippen LogP contribution in [0.25, 0.3) is 0 Å². The van der Waals surface area contributed by atoms with Gasteiger partial charge in [0.25, 0.3) is 0 Å².